The lowest BCUT2D eigenvalue weighted by molar-refractivity contribution is -0.133. The second-order valence-corrected chi connectivity index (χ2v) is 8.20. The van der Waals surface area contributed by atoms with E-state index < -0.39 is 0 Å². The number of amides is 2. The van der Waals surface area contributed by atoms with Crippen LogP contribution in [-0.4, -0.2) is 48.5 Å². The van der Waals surface area contributed by atoms with E-state index in [1.165, 1.54) is 12.8 Å². The summed E-state index contributed by atoms with van der Waals surface area (Å²) in [6, 6.07) is 8.58. The number of hydrogen-bond acceptors (Lipinski definition) is 4. The molecule has 3 atom stereocenters. The van der Waals surface area contributed by atoms with E-state index in [2.05, 4.69) is 10.6 Å². The van der Waals surface area contributed by atoms with Gasteiger partial charge in [0.15, 0.2) is 0 Å². The third-order valence-corrected chi connectivity index (χ3v) is 6.21. The maximum absolute atomic E-state index is 12.7. The number of piperidine rings is 1. The first-order chi connectivity index (χ1) is 13.1. The Kier molecular flexibility index (Phi) is 5.34. The van der Waals surface area contributed by atoms with Gasteiger partial charge in [-0.25, -0.2) is 0 Å². The van der Waals surface area contributed by atoms with Crippen LogP contribution in [0, 0.1) is 5.92 Å². The highest BCUT2D eigenvalue weighted by atomic mass is 16.5. The number of methoxy groups -OCH3 is 1. The summed E-state index contributed by atoms with van der Waals surface area (Å²) in [4.78, 5) is 26.9. The molecule has 3 heterocycles. The van der Waals surface area contributed by atoms with Crippen molar-refractivity contribution in [2.24, 2.45) is 5.92 Å². The van der Waals surface area contributed by atoms with E-state index in [0.29, 0.717) is 43.9 Å². The topological polar surface area (TPSA) is 70.7 Å². The van der Waals surface area contributed by atoms with Crippen molar-refractivity contribution in [3.8, 4) is 5.75 Å². The first-order valence-corrected chi connectivity index (χ1v) is 10.1. The van der Waals surface area contributed by atoms with E-state index in [1.807, 2.05) is 29.2 Å². The van der Waals surface area contributed by atoms with E-state index in [-0.39, 0.29) is 17.9 Å². The summed E-state index contributed by atoms with van der Waals surface area (Å²) in [6.45, 7) is 1.26. The van der Waals surface area contributed by atoms with Crippen molar-refractivity contribution >= 4 is 11.8 Å². The third kappa shape index (κ3) is 4.26. The standard InChI is InChI=1S/C21H29N3O3/c1-27-18-6-2-14(3-7-18)13-24-9-8-19(21(24)26)23-20(25)12-15-10-16-4-5-17(11-15)22-16/h2-3,6-7,15-17,19,22H,4-5,8-13H2,1H3,(H,23,25). The molecule has 6 nitrogen and oxygen atoms in total. The maximum Gasteiger partial charge on any atom is 0.245 e. The highest BCUT2D eigenvalue weighted by Gasteiger charge is 2.36. The maximum atomic E-state index is 12.7. The molecule has 2 bridgehead atoms. The number of hydrogen-bond donors (Lipinski definition) is 2. The zero-order valence-electron chi connectivity index (χ0n) is 15.9. The van der Waals surface area contributed by atoms with Crippen molar-refractivity contribution in [3.63, 3.8) is 0 Å². The van der Waals surface area contributed by atoms with Crippen molar-refractivity contribution in [2.45, 2.75) is 63.2 Å². The van der Waals surface area contributed by atoms with Gasteiger partial charge in [0.25, 0.3) is 0 Å². The summed E-state index contributed by atoms with van der Waals surface area (Å²) in [7, 11) is 1.64. The predicted octanol–water partition coefficient (Wildman–Crippen LogP) is 1.83. The molecule has 0 aromatic heterocycles. The summed E-state index contributed by atoms with van der Waals surface area (Å²) in [6.07, 6.45) is 5.90. The van der Waals surface area contributed by atoms with Crippen molar-refractivity contribution in [2.75, 3.05) is 13.7 Å². The van der Waals surface area contributed by atoms with Crippen LogP contribution >= 0.6 is 0 Å². The molecule has 3 aliphatic rings. The number of benzene rings is 1. The molecule has 27 heavy (non-hydrogen) atoms. The van der Waals surface area contributed by atoms with E-state index in [1.54, 1.807) is 7.11 Å². The molecule has 3 aliphatic heterocycles. The Morgan fingerprint density at radius 2 is 1.89 bits per heavy atom. The summed E-state index contributed by atoms with van der Waals surface area (Å²) in [5.41, 5.74) is 1.07. The van der Waals surface area contributed by atoms with E-state index in [0.717, 1.165) is 24.2 Å². The van der Waals surface area contributed by atoms with Crippen molar-refractivity contribution < 1.29 is 14.3 Å². The number of carbonyl (C=O) groups excluding carboxylic acids is 2. The largest absolute Gasteiger partial charge is 0.497 e. The molecule has 0 spiro atoms. The molecule has 146 valence electrons. The number of nitrogens with one attached hydrogen (secondary N) is 2. The second-order valence-electron chi connectivity index (χ2n) is 8.20. The molecule has 6 heteroatoms. The lowest BCUT2D eigenvalue weighted by Gasteiger charge is -2.28. The lowest BCUT2D eigenvalue weighted by atomic mass is 9.89. The average Bonchev–Trinajstić information content (AvgIpc) is 3.18. The van der Waals surface area contributed by atoms with Crippen LogP contribution in [0.5, 0.6) is 5.75 Å². The number of ether oxygens (including phenoxy) is 1. The van der Waals surface area contributed by atoms with Gasteiger partial charge in [-0.1, -0.05) is 12.1 Å². The SMILES string of the molecule is COc1ccc(CN2CCC(NC(=O)CC3CC4CCC(C3)N4)C2=O)cc1. The Hall–Kier alpha value is -2.08. The number of rotatable bonds is 6. The molecule has 4 rings (SSSR count). The van der Waals surface area contributed by atoms with Gasteiger partial charge in [0, 0.05) is 31.6 Å². The predicted molar refractivity (Wildman–Crippen MR) is 102 cm³/mol. The van der Waals surface area contributed by atoms with Gasteiger partial charge >= 0.3 is 0 Å². The van der Waals surface area contributed by atoms with Gasteiger partial charge in [-0.05, 0) is 55.7 Å². The molecule has 0 saturated carbocycles. The molecule has 0 radical (unpaired) electrons. The molecule has 2 N–H and O–H groups in total. The lowest BCUT2D eigenvalue weighted by Crippen LogP contribution is -2.43. The summed E-state index contributed by atoms with van der Waals surface area (Å²) in [5.74, 6) is 1.33. The fraction of sp³-hybridized carbons (Fsp3) is 0.619. The Balaban J connectivity index is 1.26. The summed E-state index contributed by atoms with van der Waals surface area (Å²) in [5, 5.41) is 6.60. The van der Waals surface area contributed by atoms with Crippen LogP contribution in [0.4, 0.5) is 0 Å². The van der Waals surface area contributed by atoms with E-state index in [9.17, 15) is 9.59 Å². The zero-order valence-corrected chi connectivity index (χ0v) is 15.9. The minimum Gasteiger partial charge on any atom is -0.497 e. The van der Waals surface area contributed by atoms with Crippen LogP contribution in [0.2, 0.25) is 0 Å². The number of carbonyl (C=O) groups is 2. The highest BCUT2D eigenvalue weighted by molar-refractivity contribution is 5.89. The first-order valence-electron chi connectivity index (χ1n) is 10.1. The molecule has 1 aromatic carbocycles. The van der Waals surface area contributed by atoms with Crippen molar-refractivity contribution in [1.82, 2.24) is 15.5 Å². The van der Waals surface area contributed by atoms with E-state index >= 15 is 0 Å². The van der Waals surface area contributed by atoms with Gasteiger partial charge in [0.05, 0.1) is 7.11 Å². The van der Waals surface area contributed by atoms with Gasteiger partial charge in [0.1, 0.15) is 11.8 Å². The Morgan fingerprint density at radius 3 is 2.56 bits per heavy atom. The van der Waals surface area contributed by atoms with Gasteiger partial charge in [-0.15, -0.1) is 0 Å². The fourth-order valence-electron chi connectivity index (χ4n) is 4.84. The number of nitrogens with zero attached hydrogens (tertiary/aromatic N) is 1. The van der Waals surface area contributed by atoms with Crippen LogP contribution in [0.3, 0.4) is 0 Å². The quantitative estimate of drug-likeness (QED) is 0.800. The second kappa shape index (κ2) is 7.89. The Bertz CT molecular complexity index is 678. The minimum absolute atomic E-state index is 0.0320. The molecule has 3 unspecified atom stereocenters. The summed E-state index contributed by atoms with van der Waals surface area (Å²) < 4.78 is 5.17. The minimum atomic E-state index is -0.366. The van der Waals surface area contributed by atoms with Crippen molar-refractivity contribution in [1.29, 1.82) is 0 Å². The molecular formula is C21H29N3O3. The fourth-order valence-corrected chi connectivity index (χ4v) is 4.84. The molecule has 3 saturated heterocycles. The van der Waals surface area contributed by atoms with Crippen LogP contribution in [0.25, 0.3) is 0 Å². The summed E-state index contributed by atoms with van der Waals surface area (Å²) >= 11 is 0. The smallest absolute Gasteiger partial charge is 0.245 e. The first kappa shape index (κ1) is 18.3. The van der Waals surface area contributed by atoms with Crippen LogP contribution in [-0.2, 0) is 16.1 Å². The van der Waals surface area contributed by atoms with Crippen LogP contribution < -0.4 is 15.4 Å². The van der Waals surface area contributed by atoms with Gasteiger partial charge in [-0.3, -0.25) is 9.59 Å². The highest BCUT2D eigenvalue weighted by Crippen LogP contribution is 2.32. The van der Waals surface area contributed by atoms with Gasteiger partial charge in [0.2, 0.25) is 11.8 Å². The molecule has 3 fully saturated rings. The third-order valence-electron chi connectivity index (χ3n) is 6.21. The molecule has 1 aromatic rings. The monoisotopic (exact) mass is 371 g/mol. The van der Waals surface area contributed by atoms with Gasteiger partial charge in [-0.2, -0.15) is 0 Å². The Morgan fingerprint density at radius 1 is 1.19 bits per heavy atom. The van der Waals surface area contributed by atoms with Crippen LogP contribution in [0.15, 0.2) is 24.3 Å². The van der Waals surface area contributed by atoms with Crippen molar-refractivity contribution in [3.05, 3.63) is 29.8 Å². The van der Waals surface area contributed by atoms with Gasteiger partial charge < -0.3 is 20.3 Å². The molecular weight excluding hydrogens is 342 g/mol. The molecule has 0 aliphatic carbocycles. The zero-order chi connectivity index (χ0) is 18.8. The van der Waals surface area contributed by atoms with E-state index in [4.69, 9.17) is 4.74 Å². The average molecular weight is 371 g/mol. The normalized spacial score (nSPS) is 29.8. The van der Waals surface area contributed by atoms with Crippen LogP contribution in [0.1, 0.15) is 44.1 Å². The Labute approximate surface area is 160 Å². The molecule has 2 amide bonds. The number of fused-ring (bicyclic) bond motifs is 2. The number of likely N-dealkylation sites (tertiary alicyclic amines) is 1.